The zero-order chi connectivity index (χ0) is 12.5. The molecule has 2 rings (SSSR count). The molecule has 1 aromatic carbocycles. The summed E-state index contributed by atoms with van der Waals surface area (Å²) in [5.74, 6) is 2.29. The summed E-state index contributed by atoms with van der Waals surface area (Å²) >= 11 is 3.77. The summed E-state index contributed by atoms with van der Waals surface area (Å²) in [6.07, 6.45) is 1.24. The van der Waals surface area contributed by atoms with E-state index < -0.39 is 5.60 Å². The van der Waals surface area contributed by atoms with Crippen molar-refractivity contribution < 1.29 is 5.11 Å². The van der Waals surface area contributed by atoms with E-state index in [1.165, 1.54) is 12.0 Å². The fraction of sp³-hybridized carbons (Fsp3) is 0.571. The Balaban J connectivity index is 2.34. The van der Waals surface area contributed by atoms with Crippen LogP contribution >= 0.6 is 23.5 Å². The van der Waals surface area contributed by atoms with Crippen LogP contribution < -0.4 is 0 Å². The van der Waals surface area contributed by atoms with E-state index in [0.717, 1.165) is 17.1 Å². The number of aliphatic hydroxyl groups is 1. The lowest BCUT2D eigenvalue weighted by atomic mass is 9.91. The quantitative estimate of drug-likeness (QED) is 0.881. The fourth-order valence-corrected chi connectivity index (χ4v) is 5.30. The minimum absolute atomic E-state index is 0.140. The molecule has 0 unspecified atom stereocenters. The van der Waals surface area contributed by atoms with Gasteiger partial charge in [-0.15, -0.1) is 23.5 Å². The molecular formula is C14H20OS2. The Bertz CT molecular complexity index is 395. The highest BCUT2D eigenvalue weighted by Gasteiger charge is 2.46. The third-order valence-corrected chi connectivity index (χ3v) is 7.10. The van der Waals surface area contributed by atoms with Crippen LogP contribution in [-0.2, 0) is 5.60 Å². The van der Waals surface area contributed by atoms with Crippen molar-refractivity contribution in [2.75, 3.05) is 11.5 Å². The molecule has 0 radical (unpaired) electrons. The van der Waals surface area contributed by atoms with Crippen LogP contribution in [-0.4, -0.2) is 20.7 Å². The number of benzene rings is 1. The van der Waals surface area contributed by atoms with Crippen LogP contribution in [0.5, 0.6) is 0 Å². The molecule has 94 valence electrons. The number of hydrogen-bond donors (Lipinski definition) is 1. The Morgan fingerprint density at radius 2 is 1.94 bits per heavy atom. The molecule has 0 saturated carbocycles. The second-order valence-corrected chi connectivity index (χ2v) is 8.22. The first-order valence-electron chi connectivity index (χ1n) is 6.03. The van der Waals surface area contributed by atoms with E-state index >= 15 is 0 Å². The summed E-state index contributed by atoms with van der Waals surface area (Å²) in [5, 5.41) is 11.0. The van der Waals surface area contributed by atoms with Gasteiger partial charge in [-0.05, 0) is 44.3 Å². The second kappa shape index (κ2) is 4.87. The first kappa shape index (κ1) is 13.3. The average Bonchev–Trinajstić information content (AvgIpc) is 2.30. The Kier molecular flexibility index (Phi) is 3.81. The minimum Gasteiger partial charge on any atom is -0.383 e. The van der Waals surface area contributed by atoms with Crippen molar-refractivity contribution in [1.82, 2.24) is 0 Å². The third-order valence-electron chi connectivity index (χ3n) is 3.51. The molecule has 0 spiro atoms. The predicted octanol–water partition coefficient (Wildman–Crippen LogP) is 3.79. The normalized spacial score (nSPS) is 23.1. The van der Waals surface area contributed by atoms with E-state index in [1.807, 2.05) is 42.6 Å². The lowest BCUT2D eigenvalue weighted by molar-refractivity contribution is 0.0487. The molecule has 1 saturated heterocycles. The highest BCUT2D eigenvalue weighted by atomic mass is 32.2. The fourth-order valence-electron chi connectivity index (χ4n) is 2.13. The summed E-state index contributed by atoms with van der Waals surface area (Å²) < 4.78 is -0.140. The smallest absolute Gasteiger partial charge is 0.110 e. The lowest BCUT2D eigenvalue weighted by Crippen LogP contribution is -2.44. The molecule has 1 heterocycles. The topological polar surface area (TPSA) is 20.2 Å². The van der Waals surface area contributed by atoms with Gasteiger partial charge in [0.25, 0.3) is 0 Å². The zero-order valence-electron chi connectivity index (χ0n) is 10.7. The van der Waals surface area contributed by atoms with Gasteiger partial charge in [0.05, 0.1) is 4.08 Å². The molecule has 0 bridgehead atoms. The molecule has 3 heteroatoms. The molecule has 0 aromatic heterocycles. The van der Waals surface area contributed by atoms with Gasteiger partial charge >= 0.3 is 0 Å². The summed E-state index contributed by atoms with van der Waals surface area (Å²) in [4.78, 5) is 0. The van der Waals surface area contributed by atoms with Crippen molar-refractivity contribution in [3.05, 3.63) is 35.4 Å². The maximum atomic E-state index is 11.0. The van der Waals surface area contributed by atoms with E-state index in [-0.39, 0.29) is 4.08 Å². The molecule has 1 N–H and O–H groups in total. The van der Waals surface area contributed by atoms with E-state index in [9.17, 15) is 5.11 Å². The Morgan fingerprint density at radius 1 is 1.29 bits per heavy atom. The minimum atomic E-state index is -0.783. The maximum absolute atomic E-state index is 11.0. The van der Waals surface area contributed by atoms with Crippen molar-refractivity contribution in [3.8, 4) is 0 Å². The molecule has 1 nitrogen and oxygen atoms in total. The Hall–Kier alpha value is -0.120. The van der Waals surface area contributed by atoms with E-state index in [4.69, 9.17) is 0 Å². The van der Waals surface area contributed by atoms with Gasteiger partial charge < -0.3 is 5.11 Å². The molecule has 1 aliphatic rings. The van der Waals surface area contributed by atoms with Gasteiger partial charge in [-0.2, -0.15) is 0 Å². The van der Waals surface area contributed by atoms with E-state index in [1.54, 1.807) is 0 Å². The van der Waals surface area contributed by atoms with Crippen LogP contribution in [0.15, 0.2) is 24.3 Å². The highest BCUT2D eigenvalue weighted by Crippen LogP contribution is 2.52. The van der Waals surface area contributed by atoms with Crippen LogP contribution in [0, 0.1) is 6.92 Å². The summed E-state index contributed by atoms with van der Waals surface area (Å²) in [7, 11) is 0. The molecule has 0 amide bonds. The van der Waals surface area contributed by atoms with Crippen molar-refractivity contribution in [2.45, 2.75) is 36.9 Å². The lowest BCUT2D eigenvalue weighted by Gasteiger charge is -2.44. The number of hydrogen-bond acceptors (Lipinski definition) is 3. The zero-order valence-corrected chi connectivity index (χ0v) is 12.3. The molecule has 1 atom stereocenters. The van der Waals surface area contributed by atoms with Crippen LogP contribution in [0.1, 0.15) is 31.4 Å². The molecule has 1 aromatic rings. The van der Waals surface area contributed by atoms with E-state index in [2.05, 4.69) is 26.0 Å². The number of aryl methyl sites for hydroxylation is 1. The standard InChI is InChI=1S/C14H20OS2/c1-11-6-4-7-12(10-11)13(2,15)14(3)16-8-5-9-17-14/h4,6-7,10,15H,5,8-9H2,1-3H3/t13-/m1/s1. The summed E-state index contributed by atoms with van der Waals surface area (Å²) in [5.41, 5.74) is 1.45. The number of rotatable bonds is 2. The largest absolute Gasteiger partial charge is 0.383 e. The number of thioether (sulfide) groups is 2. The molecular weight excluding hydrogens is 248 g/mol. The Morgan fingerprint density at radius 3 is 2.53 bits per heavy atom. The van der Waals surface area contributed by atoms with Gasteiger partial charge in [0.1, 0.15) is 5.60 Å². The third kappa shape index (κ3) is 2.51. The van der Waals surface area contributed by atoms with Crippen LogP contribution in [0.25, 0.3) is 0 Å². The van der Waals surface area contributed by atoms with Gasteiger partial charge in [-0.25, -0.2) is 0 Å². The van der Waals surface area contributed by atoms with Crippen molar-refractivity contribution in [3.63, 3.8) is 0 Å². The van der Waals surface area contributed by atoms with Gasteiger partial charge in [0.15, 0.2) is 0 Å². The summed E-state index contributed by atoms with van der Waals surface area (Å²) in [6.45, 7) is 6.19. The Labute approximate surface area is 112 Å². The first-order valence-corrected chi connectivity index (χ1v) is 8.00. The molecule has 0 aliphatic carbocycles. The average molecular weight is 268 g/mol. The first-order chi connectivity index (χ1) is 7.96. The van der Waals surface area contributed by atoms with Gasteiger partial charge in [0, 0.05) is 0 Å². The monoisotopic (exact) mass is 268 g/mol. The molecule has 1 fully saturated rings. The van der Waals surface area contributed by atoms with Gasteiger partial charge in [-0.3, -0.25) is 0 Å². The van der Waals surface area contributed by atoms with Crippen molar-refractivity contribution in [1.29, 1.82) is 0 Å². The highest BCUT2D eigenvalue weighted by molar-refractivity contribution is 8.18. The van der Waals surface area contributed by atoms with E-state index in [0.29, 0.717) is 0 Å². The van der Waals surface area contributed by atoms with Gasteiger partial charge in [-0.1, -0.05) is 29.8 Å². The maximum Gasteiger partial charge on any atom is 0.110 e. The predicted molar refractivity (Wildman–Crippen MR) is 78.7 cm³/mol. The molecule has 1 aliphatic heterocycles. The molecule has 17 heavy (non-hydrogen) atoms. The van der Waals surface area contributed by atoms with Crippen LogP contribution in [0.2, 0.25) is 0 Å². The van der Waals surface area contributed by atoms with Gasteiger partial charge in [0.2, 0.25) is 0 Å². The second-order valence-electron chi connectivity index (χ2n) is 4.94. The van der Waals surface area contributed by atoms with Crippen LogP contribution in [0.3, 0.4) is 0 Å². The van der Waals surface area contributed by atoms with Crippen LogP contribution in [0.4, 0.5) is 0 Å². The SMILES string of the molecule is Cc1cccc([C@@](C)(O)C2(C)SCCCS2)c1. The summed E-state index contributed by atoms with van der Waals surface area (Å²) in [6, 6.07) is 8.23. The van der Waals surface area contributed by atoms with Crippen molar-refractivity contribution >= 4 is 23.5 Å². The van der Waals surface area contributed by atoms with Crippen molar-refractivity contribution in [2.24, 2.45) is 0 Å².